The Bertz CT molecular complexity index is 491. The van der Waals surface area contributed by atoms with Crippen molar-refractivity contribution in [1.82, 2.24) is 0 Å². The molecule has 1 heterocycles. The zero-order valence-electron chi connectivity index (χ0n) is 12.2. The van der Waals surface area contributed by atoms with Crippen LogP contribution in [0, 0.1) is 0 Å². The van der Waals surface area contributed by atoms with Gasteiger partial charge in [0.2, 0.25) is 0 Å². The first-order valence-electron chi connectivity index (χ1n) is 7.23. The van der Waals surface area contributed by atoms with Crippen molar-refractivity contribution >= 4 is 11.8 Å². The van der Waals surface area contributed by atoms with Crippen molar-refractivity contribution in [1.29, 1.82) is 0 Å². The Morgan fingerprint density at radius 3 is 2.86 bits per heavy atom. The molecule has 0 radical (unpaired) electrons. The highest BCUT2D eigenvalue weighted by Gasteiger charge is 2.19. The van der Waals surface area contributed by atoms with Crippen LogP contribution in [0.2, 0.25) is 0 Å². The van der Waals surface area contributed by atoms with E-state index in [9.17, 15) is 9.59 Å². The third-order valence-corrected chi connectivity index (χ3v) is 3.25. The molecular formula is C16H20O5. The lowest BCUT2D eigenvalue weighted by Gasteiger charge is -2.14. The van der Waals surface area contributed by atoms with E-state index in [4.69, 9.17) is 14.2 Å². The molecule has 0 bridgehead atoms. The lowest BCUT2D eigenvalue weighted by Crippen LogP contribution is -2.18. The molecule has 1 fully saturated rings. The number of benzene rings is 1. The Hall–Kier alpha value is -1.88. The van der Waals surface area contributed by atoms with Crippen LogP contribution in [0.4, 0.5) is 0 Å². The molecule has 1 aliphatic heterocycles. The van der Waals surface area contributed by atoms with Gasteiger partial charge in [0.05, 0.1) is 18.3 Å². The molecule has 0 aliphatic carbocycles. The van der Waals surface area contributed by atoms with Crippen molar-refractivity contribution in [3.8, 4) is 5.75 Å². The van der Waals surface area contributed by atoms with Crippen molar-refractivity contribution in [2.45, 2.75) is 32.3 Å². The fraction of sp³-hybridized carbons (Fsp3) is 0.500. The molecular weight excluding hydrogens is 272 g/mol. The summed E-state index contributed by atoms with van der Waals surface area (Å²) >= 11 is 0. The summed E-state index contributed by atoms with van der Waals surface area (Å²) in [6.07, 6.45) is 1.82. The first-order chi connectivity index (χ1) is 10.2. The van der Waals surface area contributed by atoms with Crippen molar-refractivity contribution in [3.63, 3.8) is 0 Å². The van der Waals surface area contributed by atoms with E-state index < -0.39 is 5.97 Å². The molecule has 0 aromatic heterocycles. The van der Waals surface area contributed by atoms with Gasteiger partial charge in [-0.25, -0.2) is 0 Å². The first-order valence-corrected chi connectivity index (χ1v) is 7.23. The van der Waals surface area contributed by atoms with Crippen LogP contribution in [0.3, 0.4) is 0 Å². The number of esters is 1. The average molecular weight is 292 g/mol. The topological polar surface area (TPSA) is 61.8 Å². The maximum Gasteiger partial charge on any atom is 0.313 e. The van der Waals surface area contributed by atoms with Crippen LogP contribution >= 0.6 is 0 Å². The highest BCUT2D eigenvalue weighted by Crippen LogP contribution is 2.21. The molecule has 1 atom stereocenters. The van der Waals surface area contributed by atoms with E-state index >= 15 is 0 Å². The van der Waals surface area contributed by atoms with Crippen LogP contribution in [-0.2, 0) is 14.3 Å². The minimum atomic E-state index is -0.517. The van der Waals surface area contributed by atoms with Gasteiger partial charge in [-0.1, -0.05) is 12.1 Å². The molecule has 2 rings (SSSR count). The van der Waals surface area contributed by atoms with Crippen LogP contribution < -0.4 is 4.74 Å². The maximum absolute atomic E-state index is 12.1. The van der Waals surface area contributed by atoms with Gasteiger partial charge in [0.25, 0.3) is 0 Å². The molecule has 5 heteroatoms. The molecule has 21 heavy (non-hydrogen) atoms. The van der Waals surface area contributed by atoms with Gasteiger partial charge < -0.3 is 14.2 Å². The molecule has 0 N–H and O–H groups in total. The van der Waals surface area contributed by atoms with Crippen molar-refractivity contribution in [3.05, 3.63) is 29.8 Å². The van der Waals surface area contributed by atoms with Crippen LogP contribution in [0.1, 0.15) is 36.5 Å². The zero-order valence-corrected chi connectivity index (χ0v) is 12.2. The Kier molecular flexibility index (Phi) is 5.75. The van der Waals surface area contributed by atoms with Crippen LogP contribution in [-0.4, -0.2) is 37.7 Å². The van der Waals surface area contributed by atoms with Gasteiger partial charge in [0.15, 0.2) is 5.78 Å². The fourth-order valence-electron chi connectivity index (χ4n) is 2.22. The summed E-state index contributed by atoms with van der Waals surface area (Å²) in [5.74, 6) is -0.324. The fourth-order valence-corrected chi connectivity index (χ4v) is 2.22. The van der Waals surface area contributed by atoms with Gasteiger partial charge in [0.1, 0.15) is 18.8 Å². The summed E-state index contributed by atoms with van der Waals surface area (Å²) in [5.41, 5.74) is 0.406. The number of hydrogen-bond donors (Lipinski definition) is 0. The van der Waals surface area contributed by atoms with Crippen LogP contribution in [0.15, 0.2) is 24.3 Å². The maximum atomic E-state index is 12.1. The number of Topliss-reactive ketones (excluding diaryl/α,β-unsaturated/α-hetero) is 1. The van der Waals surface area contributed by atoms with E-state index in [0.29, 0.717) is 17.9 Å². The van der Waals surface area contributed by atoms with Crippen LogP contribution in [0.25, 0.3) is 0 Å². The number of carbonyl (C=O) groups is 2. The number of rotatable bonds is 7. The molecule has 0 amide bonds. The highest BCUT2D eigenvalue weighted by molar-refractivity contribution is 6.07. The summed E-state index contributed by atoms with van der Waals surface area (Å²) in [4.78, 5) is 23.5. The third kappa shape index (κ3) is 4.56. The Morgan fingerprint density at radius 2 is 2.14 bits per heavy atom. The predicted octanol–water partition coefficient (Wildman–Crippen LogP) is 2.38. The summed E-state index contributed by atoms with van der Waals surface area (Å²) in [7, 11) is 0. The zero-order chi connectivity index (χ0) is 15.1. The standard InChI is InChI=1S/C16H20O5/c1-2-19-16(18)10-14(17)13-7-3-4-8-15(13)21-11-12-6-5-9-20-12/h3-4,7-8,12H,2,5-6,9-11H2,1H3. The SMILES string of the molecule is CCOC(=O)CC(=O)c1ccccc1OCC1CCCO1. The number of hydrogen-bond acceptors (Lipinski definition) is 5. The third-order valence-electron chi connectivity index (χ3n) is 3.25. The number of ketones is 1. The second kappa shape index (κ2) is 7.78. The van der Waals surface area contributed by atoms with E-state index in [2.05, 4.69) is 0 Å². The Morgan fingerprint density at radius 1 is 1.33 bits per heavy atom. The number of ether oxygens (including phenoxy) is 3. The molecule has 1 aromatic carbocycles. The van der Waals surface area contributed by atoms with Crippen molar-refractivity contribution in [2.75, 3.05) is 19.8 Å². The number of carbonyl (C=O) groups excluding carboxylic acids is 2. The number of para-hydroxylation sites is 1. The van der Waals surface area contributed by atoms with E-state index in [-0.39, 0.29) is 24.9 Å². The van der Waals surface area contributed by atoms with Crippen molar-refractivity contribution < 1.29 is 23.8 Å². The summed E-state index contributed by atoms with van der Waals surface area (Å²) in [6.45, 7) is 3.16. The first kappa shape index (κ1) is 15.5. The van der Waals surface area contributed by atoms with E-state index in [1.54, 1.807) is 31.2 Å². The molecule has 5 nitrogen and oxygen atoms in total. The monoisotopic (exact) mass is 292 g/mol. The summed E-state index contributed by atoms with van der Waals surface area (Å²) < 4.78 is 16.0. The second-order valence-electron chi connectivity index (χ2n) is 4.85. The highest BCUT2D eigenvalue weighted by atomic mass is 16.5. The van der Waals surface area contributed by atoms with Crippen molar-refractivity contribution in [2.24, 2.45) is 0 Å². The Balaban J connectivity index is 1.98. The molecule has 1 unspecified atom stereocenters. The lowest BCUT2D eigenvalue weighted by molar-refractivity contribution is -0.141. The van der Waals surface area contributed by atoms with Crippen LogP contribution in [0.5, 0.6) is 5.75 Å². The van der Waals surface area contributed by atoms with Gasteiger partial charge in [-0.05, 0) is 31.9 Å². The summed E-state index contributed by atoms with van der Waals surface area (Å²) in [5, 5.41) is 0. The molecule has 0 spiro atoms. The lowest BCUT2D eigenvalue weighted by atomic mass is 10.1. The van der Waals surface area contributed by atoms with Gasteiger partial charge in [0, 0.05) is 6.61 Å². The van der Waals surface area contributed by atoms with E-state index in [0.717, 1.165) is 19.4 Å². The summed E-state index contributed by atoms with van der Waals surface area (Å²) in [6, 6.07) is 6.93. The van der Waals surface area contributed by atoms with E-state index in [1.165, 1.54) is 0 Å². The molecule has 1 saturated heterocycles. The van der Waals surface area contributed by atoms with Gasteiger partial charge in [-0.15, -0.1) is 0 Å². The Labute approximate surface area is 124 Å². The second-order valence-corrected chi connectivity index (χ2v) is 4.85. The van der Waals surface area contributed by atoms with Gasteiger partial charge in [-0.3, -0.25) is 9.59 Å². The van der Waals surface area contributed by atoms with Gasteiger partial charge in [-0.2, -0.15) is 0 Å². The molecule has 1 aliphatic rings. The minimum absolute atomic E-state index is 0.0817. The normalized spacial score (nSPS) is 17.5. The van der Waals surface area contributed by atoms with Gasteiger partial charge >= 0.3 is 5.97 Å². The average Bonchev–Trinajstić information content (AvgIpc) is 2.99. The molecule has 0 saturated carbocycles. The quantitative estimate of drug-likeness (QED) is 0.438. The molecule has 1 aromatic rings. The minimum Gasteiger partial charge on any atom is -0.490 e. The predicted molar refractivity (Wildman–Crippen MR) is 76.5 cm³/mol. The molecule has 114 valence electrons. The largest absolute Gasteiger partial charge is 0.490 e. The smallest absolute Gasteiger partial charge is 0.313 e. The van der Waals surface area contributed by atoms with E-state index in [1.807, 2.05) is 0 Å².